The van der Waals surface area contributed by atoms with Gasteiger partial charge in [0.2, 0.25) is 0 Å². The molecule has 1 saturated heterocycles. The molecule has 6 atom stereocenters. The Hall–Kier alpha value is -1.35. The van der Waals surface area contributed by atoms with E-state index in [-0.39, 0.29) is 11.3 Å². The highest BCUT2D eigenvalue weighted by Crippen LogP contribution is 2.73. The Kier molecular flexibility index (Phi) is 1.89. The zero-order valence-corrected chi connectivity index (χ0v) is 12.7. The lowest BCUT2D eigenvalue weighted by Crippen LogP contribution is -2.59. The molecule has 3 nitrogen and oxygen atoms in total. The minimum Gasteiger partial charge on any atom is -0.366 e. The van der Waals surface area contributed by atoms with Gasteiger partial charge in [0.05, 0.1) is 0 Å². The van der Waals surface area contributed by atoms with Gasteiger partial charge in [0.25, 0.3) is 5.91 Å². The van der Waals surface area contributed by atoms with Gasteiger partial charge in [-0.3, -0.25) is 4.79 Å². The van der Waals surface area contributed by atoms with E-state index in [1.165, 1.54) is 19.3 Å². The predicted octanol–water partition coefficient (Wildman–Crippen LogP) is 2.74. The molecule has 1 spiro atoms. The van der Waals surface area contributed by atoms with Crippen LogP contribution in [-0.2, 0) is 5.72 Å². The SMILES string of the molecule is O=C1c2ccccc2C2(O)N1CC1C3C[C@@H]4C[C@H](C3)CC12C4. The first-order chi connectivity index (χ1) is 10.6. The number of carbonyl (C=O) groups is 1. The third-order valence-electron chi connectivity index (χ3n) is 7.77. The maximum absolute atomic E-state index is 12.9. The lowest BCUT2D eigenvalue weighted by atomic mass is 9.43. The molecule has 0 aromatic heterocycles. The van der Waals surface area contributed by atoms with Crippen molar-refractivity contribution in [2.75, 3.05) is 6.54 Å². The molecular weight excluding hydrogens is 274 g/mol. The van der Waals surface area contributed by atoms with E-state index < -0.39 is 5.72 Å². The minimum atomic E-state index is -1.03. The first-order valence-corrected chi connectivity index (χ1v) is 8.77. The summed E-state index contributed by atoms with van der Waals surface area (Å²) < 4.78 is 0. The standard InChI is InChI=1S/C19H21NO2/c21-17-14-3-1-2-4-15(14)19(22)18-8-11-5-12(9-18)7-13(6-11)16(18)10-20(17)19/h1-4,11-13,16,22H,5-10H2/t11-,12+,13?,16?,18?,19?. The van der Waals surface area contributed by atoms with Gasteiger partial charge in [-0.05, 0) is 61.8 Å². The zero-order valence-electron chi connectivity index (χ0n) is 12.7. The Morgan fingerprint density at radius 2 is 1.82 bits per heavy atom. The van der Waals surface area contributed by atoms with Crippen molar-refractivity contribution in [3.05, 3.63) is 35.4 Å². The Bertz CT molecular complexity index is 699. The first kappa shape index (κ1) is 12.1. The van der Waals surface area contributed by atoms with Crippen LogP contribution in [0.3, 0.4) is 0 Å². The molecule has 2 heterocycles. The summed E-state index contributed by atoms with van der Waals surface area (Å²) in [6.45, 7) is 0.772. The van der Waals surface area contributed by atoms with Gasteiger partial charge < -0.3 is 10.0 Å². The van der Waals surface area contributed by atoms with Crippen LogP contribution >= 0.6 is 0 Å². The van der Waals surface area contributed by atoms with Crippen LogP contribution in [0.1, 0.15) is 48.0 Å². The summed E-state index contributed by atoms with van der Waals surface area (Å²) in [4.78, 5) is 14.7. The molecule has 22 heavy (non-hydrogen) atoms. The highest BCUT2D eigenvalue weighted by molar-refractivity contribution is 6.00. The van der Waals surface area contributed by atoms with Crippen molar-refractivity contribution in [3.63, 3.8) is 0 Å². The monoisotopic (exact) mass is 295 g/mol. The van der Waals surface area contributed by atoms with Crippen LogP contribution < -0.4 is 0 Å². The molecule has 6 aliphatic rings. The summed E-state index contributed by atoms with van der Waals surface area (Å²) in [6, 6.07) is 7.78. The van der Waals surface area contributed by atoms with Crippen LogP contribution in [0.25, 0.3) is 0 Å². The van der Waals surface area contributed by atoms with E-state index in [1.807, 2.05) is 29.2 Å². The molecule has 3 heteroatoms. The Balaban J connectivity index is 1.62. The molecule has 4 aliphatic carbocycles. The molecule has 1 amide bonds. The molecule has 4 saturated carbocycles. The highest BCUT2D eigenvalue weighted by atomic mass is 16.3. The molecule has 0 radical (unpaired) electrons. The number of nitrogens with zero attached hydrogens (tertiary/aromatic N) is 1. The van der Waals surface area contributed by atoms with Crippen molar-refractivity contribution in [1.29, 1.82) is 0 Å². The summed E-state index contributed by atoms with van der Waals surface area (Å²) in [5.74, 6) is 2.87. The van der Waals surface area contributed by atoms with Gasteiger partial charge in [-0.2, -0.15) is 0 Å². The van der Waals surface area contributed by atoms with Crippen molar-refractivity contribution in [1.82, 2.24) is 4.90 Å². The normalized spacial score (nSPS) is 50.2. The number of carbonyl (C=O) groups excluding carboxylic acids is 1. The molecule has 2 aliphatic heterocycles. The van der Waals surface area contributed by atoms with E-state index in [0.29, 0.717) is 5.92 Å². The van der Waals surface area contributed by atoms with Crippen molar-refractivity contribution >= 4 is 5.91 Å². The summed E-state index contributed by atoms with van der Waals surface area (Å²) in [6.07, 6.45) is 6.28. The molecule has 1 aromatic carbocycles. The van der Waals surface area contributed by atoms with Crippen molar-refractivity contribution in [2.45, 2.75) is 37.8 Å². The van der Waals surface area contributed by atoms with Crippen molar-refractivity contribution in [2.24, 2.45) is 29.1 Å². The number of rotatable bonds is 0. The molecular formula is C19H21NO2. The van der Waals surface area contributed by atoms with E-state index in [4.69, 9.17) is 0 Å². The number of hydrogen-bond acceptors (Lipinski definition) is 2. The number of fused-ring (bicyclic) bond motifs is 3. The predicted molar refractivity (Wildman–Crippen MR) is 80.9 cm³/mol. The Morgan fingerprint density at radius 3 is 2.59 bits per heavy atom. The van der Waals surface area contributed by atoms with Crippen LogP contribution in [0, 0.1) is 29.1 Å². The van der Waals surface area contributed by atoms with Crippen molar-refractivity contribution in [3.8, 4) is 0 Å². The van der Waals surface area contributed by atoms with Gasteiger partial charge in [-0.1, -0.05) is 18.2 Å². The lowest BCUT2D eigenvalue weighted by Gasteiger charge is -2.61. The molecule has 4 unspecified atom stereocenters. The van der Waals surface area contributed by atoms with E-state index in [0.717, 1.165) is 48.3 Å². The molecule has 1 aromatic rings. The zero-order chi connectivity index (χ0) is 14.7. The van der Waals surface area contributed by atoms with Gasteiger partial charge in [0.1, 0.15) is 0 Å². The summed E-state index contributed by atoms with van der Waals surface area (Å²) in [5.41, 5.74) is 0.536. The highest BCUT2D eigenvalue weighted by Gasteiger charge is 2.74. The molecule has 1 N–H and O–H groups in total. The Labute approximate surface area is 130 Å². The summed E-state index contributed by atoms with van der Waals surface area (Å²) >= 11 is 0. The van der Waals surface area contributed by atoms with E-state index in [9.17, 15) is 9.90 Å². The summed E-state index contributed by atoms with van der Waals surface area (Å²) in [5, 5.41) is 11.9. The number of hydrogen-bond donors (Lipinski definition) is 1. The van der Waals surface area contributed by atoms with E-state index in [1.54, 1.807) is 0 Å². The molecule has 4 bridgehead atoms. The van der Waals surface area contributed by atoms with Crippen LogP contribution in [0.4, 0.5) is 0 Å². The van der Waals surface area contributed by atoms with E-state index >= 15 is 0 Å². The minimum absolute atomic E-state index is 0.0567. The van der Waals surface area contributed by atoms with Gasteiger partial charge in [0, 0.05) is 23.1 Å². The van der Waals surface area contributed by atoms with Crippen LogP contribution in [-0.4, -0.2) is 22.5 Å². The number of aliphatic hydroxyl groups is 1. The molecule has 5 fully saturated rings. The topological polar surface area (TPSA) is 40.5 Å². The fraction of sp³-hybridized carbons (Fsp3) is 0.632. The number of amides is 1. The third-order valence-corrected chi connectivity index (χ3v) is 7.77. The van der Waals surface area contributed by atoms with Gasteiger partial charge in [-0.25, -0.2) is 0 Å². The summed E-state index contributed by atoms with van der Waals surface area (Å²) in [7, 11) is 0. The fourth-order valence-electron chi connectivity index (χ4n) is 7.37. The number of benzene rings is 1. The van der Waals surface area contributed by atoms with Crippen LogP contribution in [0.2, 0.25) is 0 Å². The molecule has 114 valence electrons. The Morgan fingerprint density at radius 1 is 1.09 bits per heavy atom. The van der Waals surface area contributed by atoms with Gasteiger partial charge in [0.15, 0.2) is 5.72 Å². The van der Waals surface area contributed by atoms with Crippen LogP contribution in [0.15, 0.2) is 24.3 Å². The first-order valence-electron chi connectivity index (χ1n) is 8.77. The maximum atomic E-state index is 12.9. The molecule has 7 rings (SSSR count). The second kappa shape index (κ2) is 3.43. The largest absolute Gasteiger partial charge is 0.366 e. The van der Waals surface area contributed by atoms with E-state index in [2.05, 4.69) is 0 Å². The lowest BCUT2D eigenvalue weighted by molar-refractivity contribution is -0.212. The quantitative estimate of drug-likeness (QED) is 0.799. The third kappa shape index (κ3) is 1.04. The smallest absolute Gasteiger partial charge is 0.256 e. The second-order valence-electron chi connectivity index (χ2n) is 8.50. The second-order valence-corrected chi connectivity index (χ2v) is 8.50. The average molecular weight is 295 g/mol. The fourth-order valence-corrected chi connectivity index (χ4v) is 7.37. The van der Waals surface area contributed by atoms with Crippen LogP contribution in [0.5, 0.6) is 0 Å². The average Bonchev–Trinajstić information content (AvgIpc) is 2.89. The van der Waals surface area contributed by atoms with Gasteiger partial charge in [-0.15, -0.1) is 0 Å². The van der Waals surface area contributed by atoms with Gasteiger partial charge >= 0.3 is 0 Å². The maximum Gasteiger partial charge on any atom is 0.256 e. The van der Waals surface area contributed by atoms with Crippen molar-refractivity contribution < 1.29 is 9.90 Å².